The van der Waals surface area contributed by atoms with Gasteiger partial charge in [-0.15, -0.1) is 0 Å². The summed E-state index contributed by atoms with van der Waals surface area (Å²) in [5.41, 5.74) is 2.27. The molecule has 2 fully saturated rings. The Labute approximate surface area is 180 Å². The molecule has 5 nitrogen and oxygen atoms in total. The van der Waals surface area contributed by atoms with Crippen LogP contribution in [-0.4, -0.2) is 53.5 Å². The summed E-state index contributed by atoms with van der Waals surface area (Å²) < 4.78 is 6.10. The Hall–Kier alpha value is -2.40. The van der Waals surface area contributed by atoms with E-state index in [9.17, 15) is 4.79 Å². The minimum absolute atomic E-state index is 0.195. The van der Waals surface area contributed by atoms with Crippen molar-refractivity contribution in [3.05, 3.63) is 59.9 Å². The predicted molar refractivity (Wildman–Crippen MR) is 118 cm³/mol. The van der Waals surface area contributed by atoms with Gasteiger partial charge < -0.3 is 9.64 Å². The molecule has 1 aliphatic carbocycles. The van der Waals surface area contributed by atoms with Crippen molar-refractivity contribution in [2.45, 2.75) is 45.1 Å². The smallest absolute Gasteiger partial charge is 0.227 e. The maximum atomic E-state index is 12.5. The SMILES string of the molecule is O=C(Cc1cccnc1)N1CCN(Cc2cccc(OCC3CCCCC3)c2)CC1. The number of ether oxygens (including phenoxy) is 1. The first-order chi connectivity index (χ1) is 14.8. The average molecular weight is 408 g/mol. The summed E-state index contributed by atoms with van der Waals surface area (Å²) in [6.45, 7) is 5.15. The van der Waals surface area contributed by atoms with Gasteiger partial charge in [-0.3, -0.25) is 14.7 Å². The van der Waals surface area contributed by atoms with E-state index in [0.29, 0.717) is 6.42 Å². The normalized spacial score (nSPS) is 18.3. The number of aromatic nitrogens is 1. The number of piperazine rings is 1. The van der Waals surface area contributed by atoms with Crippen molar-refractivity contribution in [3.8, 4) is 5.75 Å². The van der Waals surface area contributed by atoms with Crippen LogP contribution in [0.1, 0.15) is 43.2 Å². The van der Waals surface area contributed by atoms with Crippen LogP contribution in [0.25, 0.3) is 0 Å². The summed E-state index contributed by atoms with van der Waals surface area (Å²) in [5.74, 6) is 1.91. The van der Waals surface area contributed by atoms with Crippen molar-refractivity contribution in [2.24, 2.45) is 5.92 Å². The van der Waals surface area contributed by atoms with Gasteiger partial charge in [-0.2, -0.15) is 0 Å². The van der Waals surface area contributed by atoms with E-state index in [4.69, 9.17) is 4.74 Å². The Morgan fingerprint density at radius 2 is 1.80 bits per heavy atom. The van der Waals surface area contributed by atoms with Crippen molar-refractivity contribution in [3.63, 3.8) is 0 Å². The number of hydrogen-bond donors (Lipinski definition) is 0. The van der Waals surface area contributed by atoms with E-state index in [1.165, 1.54) is 37.7 Å². The van der Waals surface area contributed by atoms with Gasteiger partial charge in [0.05, 0.1) is 13.0 Å². The van der Waals surface area contributed by atoms with Gasteiger partial charge in [-0.1, -0.05) is 37.5 Å². The minimum atomic E-state index is 0.195. The van der Waals surface area contributed by atoms with Crippen LogP contribution in [-0.2, 0) is 17.8 Å². The first-order valence-corrected chi connectivity index (χ1v) is 11.4. The molecule has 1 aromatic heterocycles. The molecule has 0 unspecified atom stereocenters. The van der Waals surface area contributed by atoms with Gasteiger partial charge in [-0.05, 0) is 48.1 Å². The number of rotatable bonds is 7. The van der Waals surface area contributed by atoms with E-state index < -0.39 is 0 Å². The summed E-state index contributed by atoms with van der Waals surface area (Å²) in [7, 11) is 0. The largest absolute Gasteiger partial charge is 0.493 e. The zero-order valence-electron chi connectivity index (χ0n) is 17.8. The lowest BCUT2D eigenvalue weighted by atomic mass is 9.90. The highest BCUT2D eigenvalue weighted by atomic mass is 16.5. The van der Waals surface area contributed by atoms with E-state index in [2.05, 4.69) is 34.1 Å². The molecule has 1 aromatic carbocycles. The number of hydrogen-bond acceptors (Lipinski definition) is 4. The Kier molecular flexibility index (Phi) is 7.35. The molecule has 1 saturated heterocycles. The van der Waals surface area contributed by atoms with Crippen LogP contribution in [0.5, 0.6) is 5.75 Å². The monoisotopic (exact) mass is 407 g/mol. The molecular weight excluding hydrogens is 374 g/mol. The van der Waals surface area contributed by atoms with Gasteiger partial charge in [0.15, 0.2) is 0 Å². The molecule has 1 aliphatic heterocycles. The molecule has 30 heavy (non-hydrogen) atoms. The van der Waals surface area contributed by atoms with Crippen LogP contribution in [0.3, 0.4) is 0 Å². The van der Waals surface area contributed by atoms with E-state index in [1.54, 1.807) is 12.4 Å². The van der Waals surface area contributed by atoms with E-state index in [1.807, 2.05) is 17.0 Å². The van der Waals surface area contributed by atoms with Gasteiger partial charge in [-0.25, -0.2) is 0 Å². The van der Waals surface area contributed by atoms with Gasteiger partial charge in [0.2, 0.25) is 5.91 Å². The van der Waals surface area contributed by atoms with Crippen LogP contribution in [0.15, 0.2) is 48.8 Å². The fourth-order valence-electron chi connectivity index (χ4n) is 4.50. The third-order valence-electron chi connectivity index (χ3n) is 6.32. The standard InChI is InChI=1S/C25H33N3O2/c29-25(17-22-9-5-11-26-18-22)28-14-12-27(13-15-28)19-23-8-4-10-24(16-23)30-20-21-6-2-1-3-7-21/h4-5,8-11,16,18,21H,1-3,6-7,12-15,17,19-20H2. The third kappa shape index (κ3) is 6.05. The quantitative estimate of drug-likeness (QED) is 0.698. The highest BCUT2D eigenvalue weighted by molar-refractivity contribution is 5.78. The predicted octanol–water partition coefficient (Wildman–Crippen LogP) is 3.93. The van der Waals surface area contributed by atoms with Crippen molar-refractivity contribution >= 4 is 5.91 Å². The Balaban J connectivity index is 1.22. The number of benzene rings is 1. The fourth-order valence-corrected chi connectivity index (χ4v) is 4.50. The second kappa shape index (κ2) is 10.6. The number of nitrogens with zero attached hydrogens (tertiary/aromatic N) is 3. The Morgan fingerprint density at radius 1 is 1.00 bits per heavy atom. The van der Waals surface area contributed by atoms with Gasteiger partial charge >= 0.3 is 0 Å². The topological polar surface area (TPSA) is 45.7 Å². The van der Waals surface area contributed by atoms with Crippen LogP contribution < -0.4 is 4.74 Å². The average Bonchev–Trinajstić information content (AvgIpc) is 2.80. The summed E-state index contributed by atoms with van der Waals surface area (Å²) in [6.07, 6.45) is 10.7. The Bertz CT molecular complexity index is 797. The van der Waals surface area contributed by atoms with E-state index in [0.717, 1.165) is 56.6 Å². The van der Waals surface area contributed by atoms with Gasteiger partial charge in [0.1, 0.15) is 5.75 Å². The zero-order chi connectivity index (χ0) is 20.6. The van der Waals surface area contributed by atoms with Crippen LogP contribution in [0, 0.1) is 5.92 Å². The summed E-state index contributed by atoms with van der Waals surface area (Å²) >= 11 is 0. The molecule has 5 heteroatoms. The van der Waals surface area contributed by atoms with Gasteiger partial charge in [0.25, 0.3) is 0 Å². The number of carbonyl (C=O) groups is 1. The second-order valence-electron chi connectivity index (χ2n) is 8.66. The first-order valence-electron chi connectivity index (χ1n) is 11.4. The van der Waals surface area contributed by atoms with Gasteiger partial charge in [0, 0.05) is 45.1 Å². The molecule has 0 atom stereocenters. The second-order valence-corrected chi connectivity index (χ2v) is 8.66. The van der Waals surface area contributed by atoms with Crippen molar-refractivity contribution < 1.29 is 9.53 Å². The molecule has 160 valence electrons. The Morgan fingerprint density at radius 3 is 2.57 bits per heavy atom. The molecule has 0 bridgehead atoms. The summed E-state index contributed by atoms with van der Waals surface area (Å²) in [4.78, 5) is 21.0. The molecule has 1 saturated carbocycles. The van der Waals surface area contributed by atoms with Crippen LogP contribution in [0.4, 0.5) is 0 Å². The van der Waals surface area contributed by atoms with Crippen molar-refractivity contribution in [1.29, 1.82) is 0 Å². The molecule has 0 radical (unpaired) electrons. The summed E-state index contributed by atoms with van der Waals surface area (Å²) in [6, 6.07) is 12.4. The molecule has 2 aliphatic rings. The van der Waals surface area contributed by atoms with Crippen molar-refractivity contribution in [1.82, 2.24) is 14.8 Å². The molecular formula is C25H33N3O2. The minimum Gasteiger partial charge on any atom is -0.493 e. The van der Waals surface area contributed by atoms with E-state index >= 15 is 0 Å². The highest BCUT2D eigenvalue weighted by Crippen LogP contribution is 2.25. The first kappa shape index (κ1) is 20.9. The van der Waals surface area contributed by atoms with E-state index in [-0.39, 0.29) is 5.91 Å². The zero-order valence-corrected chi connectivity index (χ0v) is 17.8. The lowest BCUT2D eigenvalue weighted by Crippen LogP contribution is -2.48. The van der Waals surface area contributed by atoms with Crippen LogP contribution >= 0.6 is 0 Å². The maximum Gasteiger partial charge on any atom is 0.227 e. The third-order valence-corrected chi connectivity index (χ3v) is 6.32. The fraction of sp³-hybridized carbons (Fsp3) is 0.520. The number of amides is 1. The lowest BCUT2D eigenvalue weighted by Gasteiger charge is -2.35. The molecule has 0 spiro atoms. The molecule has 0 N–H and O–H groups in total. The maximum absolute atomic E-state index is 12.5. The van der Waals surface area contributed by atoms with Crippen molar-refractivity contribution in [2.75, 3.05) is 32.8 Å². The summed E-state index contributed by atoms with van der Waals surface area (Å²) in [5, 5.41) is 0. The molecule has 2 aromatic rings. The molecule has 1 amide bonds. The molecule has 2 heterocycles. The molecule has 4 rings (SSSR count). The number of pyridine rings is 1. The lowest BCUT2D eigenvalue weighted by molar-refractivity contribution is -0.132. The van der Waals surface area contributed by atoms with Crippen LogP contribution in [0.2, 0.25) is 0 Å². The number of carbonyl (C=O) groups excluding carboxylic acids is 1. The highest BCUT2D eigenvalue weighted by Gasteiger charge is 2.21.